The van der Waals surface area contributed by atoms with E-state index in [4.69, 9.17) is 4.74 Å². The SMILES string of the molecule is Cn1c(C(=O)c2cccn2CCSc2cccc(COC3(C(=O)O)CCC3)c2)cc2ccccc21. The first kappa shape index (κ1) is 23.5. The number of carbonyl (C=O) groups is 2. The molecule has 1 fully saturated rings. The molecule has 6 nitrogen and oxygen atoms in total. The summed E-state index contributed by atoms with van der Waals surface area (Å²) in [6, 6.07) is 21.8. The Morgan fingerprint density at radius 1 is 1.03 bits per heavy atom. The maximum atomic E-state index is 13.3. The van der Waals surface area contributed by atoms with Crippen molar-refractivity contribution in [3.8, 4) is 0 Å². The monoisotopic (exact) mass is 488 g/mol. The lowest BCUT2D eigenvalue weighted by atomic mass is 9.80. The number of fused-ring (bicyclic) bond motifs is 1. The van der Waals surface area contributed by atoms with Crippen LogP contribution in [0.4, 0.5) is 0 Å². The number of carboxylic acid groups (broad SMARTS) is 1. The Kier molecular flexibility index (Phi) is 6.54. The molecular weight excluding hydrogens is 460 g/mol. The number of benzene rings is 2. The Bertz CT molecular complexity index is 1380. The molecule has 0 bridgehead atoms. The maximum Gasteiger partial charge on any atom is 0.335 e. The second-order valence-corrected chi connectivity index (χ2v) is 10.2. The van der Waals surface area contributed by atoms with E-state index in [1.54, 1.807) is 11.8 Å². The second kappa shape index (κ2) is 9.76. The summed E-state index contributed by atoms with van der Waals surface area (Å²) in [7, 11) is 1.93. The van der Waals surface area contributed by atoms with Gasteiger partial charge in [0.15, 0.2) is 5.60 Å². The number of aromatic nitrogens is 2. The zero-order valence-corrected chi connectivity index (χ0v) is 20.5. The van der Waals surface area contributed by atoms with Crippen LogP contribution in [0.25, 0.3) is 10.9 Å². The van der Waals surface area contributed by atoms with Crippen molar-refractivity contribution in [1.82, 2.24) is 9.13 Å². The number of carbonyl (C=O) groups excluding carboxylic acids is 1. The Hall–Kier alpha value is -3.29. The summed E-state index contributed by atoms with van der Waals surface area (Å²) in [4.78, 5) is 25.9. The molecule has 2 heterocycles. The smallest absolute Gasteiger partial charge is 0.335 e. The first-order valence-electron chi connectivity index (χ1n) is 11.8. The molecule has 180 valence electrons. The lowest BCUT2D eigenvalue weighted by Gasteiger charge is -2.37. The molecule has 1 aliphatic carbocycles. The minimum absolute atomic E-state index is 0.0150. The minimum atomic E-state index is -1.01. The van der Waals surface area contributed by atoms with E-state index >= 15 is 0 Å². The Labute approximate surface area is 208 Å². The van der Waals surface area contributed by atoms with Gasteiger partial charge in [0.25, 0.3) is 0 Å². The molecule has 0 atom stereocenters. The van der Waals surface area contributed by atoms with Crippen LogP contribution < -0.4 is 0 Å². The summed E-state index contributed by atoms with van der Waals surface area (Å²) < 4.78 is 9.76. The zero-order chi connectivity index (χ0) is 24.4. The van der Waals surface area contributed by atoms with Gasteiger partial charge in [0, 0.05) is 41.3 Å². The number of ether oxygens (including phenoxy) is 1. The minimum Gasteiger partial charge on any atom is -0.479 e. The fourth-order valence-electron chi connectivity index (χ4n) is 4.58. The molecule has 0 saturated heterocycles. The Morgan fingerprint density at radius 3 is 2.60 bits per heavy atom. The van der Waals surface area contributed by atoms with Crippen LogP contribution in [0.2, 0.25) is 0 Å². The third-order valence-electron chi connectivity index (χ3n) is 6.81. The zero-order valence-electron chi connectivity index (χ0n) is 19.6. The van der Waals surface area contributed by atoms with Gasteiger partial charge in [0.05, 0.1) is 18.0 Å². The number of hydrogen-bond acceptors (Lipinski definition) is 4. The summed E-state index contributed by atoms with van der Waals surface area (Å²) in [5.41, 5.74) is 2.36. The van der Waals surface area contributed by atoms with Crippen LogP contribution in [0, 0.1) is 0 Å². The van der Waals surface area contributed by atoms with E-state index in [1.807, 2.05) is 83.0 Å². The molecule has 7 heteroatoms. The number of nitrogens with zero attached hydrogens (tertiary/aromatic N) is 2. The molecule has 1 N–H and O–H groups in total. The van der Waals surface area contributed by atoms with E-state index in [1.165, 1.54) is 0 Å². The summed E-state index contributed by atoms with van der Waals surface area (Å²) in [6.07, 6.45) is 4.00. The fraction of sp³-hybridized carbons (Fsp3) is 0.286. The molecule has 0 amide bonds. The van der Waals surface area contributed by atoms with Crippen molar-refractivity contribution in [2.45, 2.75) is 42.9 Å². The predicted molar refractivity (Wildman–Crippen MR) is 137 cm³/mol. The number of para-hydroxylation sites is 1. The van der Waals surface area contributed by atoms with Crippen LogP contribution in [0.3, 0.4) is 0 Å². The van der Waals surface area contributed by atoms with Gasteiger partial charge in [-0.1, -0.05) is 30.3 Å². The normalized spacial score (nSPS) is 14.7. The first-order chi connectivity index (χ1) is 17.0. The standard InChI is InChI=1S/C28H28N2O4S/c1-29-23-10-3-2-8-21(23)18-25(29)26(31)24-11-5-14-30(24)15-16-35-22-9-4-7-20(17-22)19-34-28(27(32)33)12-6-13-28/h2-5,7-11,14,17-18H,6,12-13,15-16,19H2,1H3,(H,32,33). The van der Waals surface area contributed by atoms with E-state index in [9.17, 15) is 14.7 Å². The average Bonchev–Trinajstić information content (AvgIpc) is 3.43. The molecule has 1 saturated carbocycles. The highest BCUT2D eigenvalue weighted by Crippen LogP contribution is 2.36. The van der Waals surface area contributed by atoms with Gasteiger partial charge in [-0.25, -0.2) is 4.79 Å². The van der Waals surface area contributed by atoms with Crippen molar-refractivity contribution in [3.05, 3.63) is 89.9 Å². The van der Waals surface area contributed by atoms with E-state index in [0.717, 1.165) is 33.5 Å². The van der Waals surface area contributed by atoms with E-state index in [2.05, 4.69) is 6.07 Å². The summed E-state index contributed by atoms with van der Waals surface area (Å²) in [5.74, 6) is -0.0519. The molecular formula is C28H28N2O4S. The highest BCUT2D eigenvalue weighted by Gasteiger charge is 2.45. The van der Waals surface area contributed by atoms with Crippen LogP contribution in [0.5, 0.6) is 0 Å². The van der Waals surface area contributed by atoms with Gasteiger partial charge in [0.2, 0.25) is 5.78 Å². The molecule has 2 aromatic carbocycles. The maximum absolute atomic E-state index is 13.3. The van der Waals surface area contributed by atoms with Crippen LogP contribution in [-0.4, -0.2) is 37.3 Å². The molecule has 0 aliphatic heterocycles. The van der Waals surface area contributed by atoms with Gasteiger partial charge in [-0.05, 0) is 61.2 Å². The number of rotatable bonds is 10. The molecule has 0 unspecified atom stereocenters. The molecule has 5 rings (SSSR count). The number of carboxylic acids is 1. The van der Waals surface area contributed by atoms with Crippen molar-refractivity contribution in [3.63, 3.8) is 0 Å². The molecule has 2 aromatic heterocycles. The van der Waals surface area contributed by atoms with Gasteiger partial charge >= 0.3 is 5.97 Å². The summed E-state index contributed by atoms with van der Waals surface area (Å²) in [5, 5.41) is 10.5. The lowest BCUT2D eigenvalue weighted by Crippen LogP contribution is -2.47. The molecule has 0 radical (unpaired) electrons. The van der Waals surface area contributed by atoms with Crippen molar-refractivity contribution < 1.29 is 19.4 Å². The van der Waals surface area contributed by atoms with Crippen molar-refractivity contribution in [1.29, 1.82) is 0 Å². The fourth-order valence-corrected chi connectivity index (χ4v) is 5.51. The van der Waals surface area contributed by atoms with Gasteiger partial charge in [-0.3, -0.25) is 4.79 Å². The molecule has 35 heavy (non-hydrogen) atoms. The van der Waals surface area contributed by atoms with Crippen molar-refractivity contribution in [2.75, 3.05) is 5.75 Å². The highest BCUT2D eigenvalue weighted by atomic mass is 32.2. The van der Waals surface area contributed by atoms with Crippen LogP contribution in [0.15, 0.2) is 77.8 Å². The number of aryl methyl sites for hydroxylation is 2. The van der Waals surface area contributed by atoms with Crippen molar-refractivity contribution >= 4 is 34.4 Å². The number of ketones is 1. The molecule has 4 aromatic rings. The Morgan fingerprint density at radius 2 is 1.86 bits per heavy atom. The van der Waals surface area contributed by atoms with Gasteiger partial charge in [0.1, 0.15) is 0 Å². The van der Waals surface area contributed by atoms with Crippen molar-refractivity contribution in [2.24, 2.45) is 7.05 Å². The van der Waals surface area contributed by atoms with E-state index in [-0.39, 0.29) is 5.78 Å². The number of aliphatic carboxylic acids is 1. The third-order valence-corrected chi connectivity index (χ3v) is 7.79. The van der Waals surface area contributed by atoms with Crippen LogP contribution >= 0.6 is 11.8 Å². The third kappa shape index (κ3) is 4.66. The van der Waals surface area contributed by atoms with E-state index in [0.29, 0.717) is 37.4 Å². The van der Waals surface area contributed by atoms with Crippen LogP contribution in [-0.2, 0) is 29.7 Å². The molecule has 1 aliphatic rings. The second-order valence-electron chi connectivity index (χ2n) is 9.00. The predicted octanol–water partition coefficient (Wildman–Crippen LogP) is 5.53. The first-order valence-corrected chi connectivity index (χ1v) is 12.8. The van der Waals surface area contributed by atoms with E-state index < -0.39 is 11.6 Å². The summed E-state index contributed by atoms with van der Waals surface area (Å²) in [6.45, 7) is 0.994. The van der Waals surface area contributed by atoms with Gasteiger partial charge in [-0.15, -0.1) is 11.8 Å². The van der Waals surface area contributed by atoms with Gasteiger partial charge in [-0.2, -0.15) is 0 Å². The van der Waals surface area contributed by atoms with Gasteiger partial charge < -0.3 is 19.0 Å². The highest BCUT2D eigenvalue weighted by molar-refractivity contribution is 7.99. The largest absolute Gasteiger partial charge is 0.479 e. The molecule has 0 spiro atoms. The summed E-state index contributed by atoms with van der Waals surface area (Å²) >= 11 is 1.71. The lowest BCUT2D eigenvalue weighted by molar-refractivity contribution is -0.181. The topological polar surface area (TPSA) is 73.5 Å². The quantitative estimate of drug-likeness (QED) is 0.235. The Balaban J connectivity index is 1.21. The average molecular weight is 489 g/mol. The number of thioether (sulfide) groups is 1. The number of hydrogen-bond donors (Lipinski definition) is 1. The van der Waals surface area contributed by atoms with Crippen LogP contribution in [0.1, 0.15) is 41.0 Å².